The largest absolute Gasteiger partial charge is 0.462 e. The van der Waals surface area contributed by atoms with E-state index in [0.29, 0.717) is 33.3 Å². The highest BCUT2D eigenvalue weighted by Crippen LogP contribution is 2.45. The number of amides is 1. The molecular weight excluding hydrogens is 563 g/mol. The van der Waals surface area contributed by atoms with Gasteiger partial charge in [0.15, 0.2) is 0 Å². The first-order chi connectivity index (χ1) is 19.5. The second kappa shape index (κ2) is 11.9. The van der Waals surface area contributed by atoms with Crippen LogP contribution in [0.3, 0.4) is 0 Å². The average Bonchev–Trinajstić information content (AvgIpc) is 3.61. The first-order valence-corrected chi connectivity index (χ1v) is 15.2. The summed E-state index contributed by atoms with van der Waals surface area (Å²) in [5.41, 5.74) is 10.6. The molecule has 1 aromatic carbocycles. The molecule has 0 atom stereocenters. The number of fused-ring (bicyclic) bond motifs is 3. The second-order valence-corrected chi connectivity index (χ2v) is 11.8. The number of thiophene rings is 2. The summed E-state index contributed by atoms with van der Waals surface area (Å²) < 4.78 is 5.34. The summed E-state index contributed by atoms with van der Waals surface area (Å²) in [6.07, 6.45) is 1.61. The molecule has 0 saturated carbocycles. The Balaban J connectivity index is 1.36. The summed E-state index contributed by atoms with van der Waals surface area (Å²) >= 11 is 4.01. The number of hydrogen-bond donors (Lipinski definition) is 2. The Morgan fingerprint density at radius 3 is 2.67 bits per heavy atom. The number of pyridine rings is 1. The molecule has 3 N–H and O–H groups in total. The van der Waals surface area contributed by atoms with Crippen molar-refractivity contribution in [1.29, 1.82) is 10.5 Å². The molecule has 3 aromatic heterocycles. The zero-order valence-corrected chi connectivity index (χ0v) is 23.9. The van der Waals surface area contributed by atoms with Crippen LogP contribution in [0.5, 0.6) is 0 Å². The number of thioether (sulfide) groups is 1. The van der Waals surface area contributed by atoms with Crippen LogP contribution in [-0.2, 0) is 22.4 Å². The van der Waals surface area contributed by atoms with Gasteiger partial charge in [0.05, 0.1) is 17.7 Å². The van der Waals surface area contributed by atoms with Crippen LogP contribution in [0.15, 0.2) is 46.8 Å². The van der Waals surface area contributed by atoms with Gasteiger partial charge in [-0.05, 0) is 47.9 Å². The molecule has 1 amide bonds. The molecule has 0 aliphatic heterocycles. The SMILES string of the molecule is CCOC(=O)c1c(NC(=O)CCSc2nc(N)c(C#N)c(-c3cccs3)c2C#N)sc2c1CCc1ccccc1-2. The highest BCUT2D eigenvalue weighted by Gasteiger charge is 2.29. The predicted molar refractivity (Wildman–Crippen MR) is 158 cm³/mol. The number of ether oxygens (including phenoxy) is 1. The predicted octanol–water partition coefficient (Wildman–Crippen LogP) is 6.26. The Morgan fingerprint density at radius 1 is 1.15 bits per heavy atom. The van der Waals surface area contributed by atoms with Gasteiger partial charge in [-0.2, -0.15) is 10.5 Å². The smallest absolute Gasteiger partial charge is 0.341 e. The third-order valence-corrected chi connectivity index (χ3v) is 9.44. The molecule has 40 heavy (non-hydrogen) atoms. The number of nitrogens with zero attached hydrogens (tertiary/aromatic N) is 3. The number of esters is 1. The molecule has 0 bridgehead atoms. The number of hydrogen-bond acceptors (Lipinski definition) is 10. The lowest BCUT2D eigenvalue weighted by Gasteiger charge is -2.16. The molecule has 200 valence electrons. The van der Waals surface area contributed by atoms with Gasteiger partial charge in [0.2, 0.25) is 5.91 Å². The summed E-state index contributed by atoms with van der Waals surface area (Å²) in [6.45, 7) is 1.99. The van der Waals surface area contributed by atoms with Crippen LogP contribution < -0.4 is 11.1 Å². The quantitative estimate of drug-likeness (QED) is 0.182. The van der Waals surface area contributed by atoms with Crippen molar-refractivity contribution in [3.05, 3.63) is 69.6 Å². The minimum Gasteiger partial charge on any atom is -0.462 e. The number of nitrogen functional groups attached to an aromatic ring is 1. The van der Waals surface area contributed by atoms with Crippen molar-refractivity contribution < 1.29 is 14.3 Å². The topological polar surface area (TPSA) is 142 Å². The summed E-state index contributed by atoms with van der Waals surface area (Å²) in [7, 11) is 0. The molecule has 0 fully saturated rings. The minimum atomic E-state index is -0.443. The van der Waals surface area contributed by atoms with Crippen LogP contribution in [0.1, 0.15) is 46.0 Å². The zero-order valence-electron chi connectivity index (χ0n) is 21.4. The van der Waals surface area contributed by atoms with E-state index in [2.05, 4.69) is 28.5 Å². The molecule has 5 rings (SSSR count). The van der Waals surface area contributed by atoms with Crippen molar-refractivity contribution in [1.82, 2.24) is 4.98 Å². The number of carbonyl (C=O) groups excluding carboxylic acids is 2. The maximum absolute atomic E-state index is 13.0. The van der Waals surface area contributed by atoms with Gasteiger partial charge in [-0.3, -0.25) is 4.79 Å². The van der Waals surface area contributed by atoms with Gasteiger partial charge in [-0.15, -0.1) is 34.4 Å². The lowest BCUT2D eigenvalue weighted by molar-refractivity contribution is -0.115. The normalized spacial score (nSPS) is 11.6. The van der Waals surface area contributed by atoms with Gasteiger partial charge in [-0.25, -0.2) is 9.78 Å². The van der Waals surface area contributed by atoms with Gasteiger partial charge >= 0.3 is 5.97 Å². The number of benzene rings is 1. The van der Waals surface area contributed by atoms with E-state index in [1.54, 1.807) is 6.92 Å². The van der Waals surface area contributed by atoms with Crippen molar-refractivity contribution in [2.45, 2.75) is 31.2 Å². The van der Waals surface area contributed by atoms with Gasteiger partial charge in [-0.1, -0.05) is 30.3 Å². The molecule has 0 spiro atoms. The maximum Gasteiger partial charge on any atom is 0.341 e. The van der Waals surface area contributed by atoms with E-state index in [9.17, 15) is 20.1 Å². The number of nitriles is 2. The van der Waals surface area contributed by atoms with Crippen molar-refractivity contribution in [3.8, 4) is 33.0 Å². The van der Waals surface area contributed by atoms with Gasteiger partial charge in [0.1, 0.15) is 33.5 Å². The van der Waals surface area contributed by atoms with Crippen LogP contribution in [0.2, 0.25) is 0 Å². The molecule has 0 saturated heterocycles. The Hall–Kier alpha value is -4.16. The van der Waals surface area contributed by atoms with E-state index >= 15 is 0 Å². The number of carbonyl (C=O) groups is 2. The van der Waals surface area contributed by atoms with Crippen molar-refractivity contribution >= 4 is 57.1 Å². The molecule has 11 heteroatoms. The van der Waals surface area contributed by atoms with Crippen molar-refractivity contribution in [2.24, 2.45) is 0 Å². The first kappa shape index (κ1) is 27.4. The fraction of sp³-hybridized carbons (Fsp3) is 0.207. The maximum atomic E-state index is 13.0. The highest BCUT2D eigenvalue weighted by atomic mass is 32.2. The van der Waals surface area contributed by atoms with Gasteiger partial charge < -0.3 is 15.8 Å². The molecule has 4 aromatic rings. The van der Waals surface area contributed by atoms with Crippen LogP contribution >= 0.6 is 34.4 Å². The highest BCUT2D eigenvalue weighted by molar-refractivity contribution is 7.99. The summed E-state index contributed by atoms with van der Waals surface area (Å²) in [5.74, 6) is -0.365. The fourth-order valence-corrected chi connectivity index (χ4v) is 7.68. The van der Waals surface area contributed by atoms with Crippen LogP contribution in [-0.4, -0.2) is 29.2 Å². The number of aryl methyl sites for hydroxylation is 1. The Bertz CT molecular complexity index is 1700. The van der Waals surface area contributed by atoms with E-state index in [1.165, 1.54) is 40.0 Å². The molecule has 8 nitrogen and oxygen atoms in total. The summed E-state index contributed by atoms with van der Waals surface area (Å²) in [4.78, 5) is 32.0. The third-order valence-electron chi connectivity index (χ3n) is 6.40. The number of aromatic nitrogens is 1. The van der Waals surface area contributed by atoms with Crippen LogP contribution in [0.4, 0.5) is 10.8 Å². The fourth-order valence-electron chi connectivity index (χ4n) is 4.65. The standard InChI is InChI=1S/C29H23N5O3S3/c1-2-37-29(36)24-18-10-9-16-6-3-4-7-17(16)25(18)40-28(24)33-22(35)11-13-39-27-20(15-31)23(21-8-5-12-38-21)19(14-30)26(32)34-27/h3-8,12H,2,9-11,13H2,1H3,(H2,32,34)(H,33,35). The lowest BCUT2D eigenvalue weighted by atomic mass is 9.89. The van der Waals surface area contributed by atoms with Gasteiger partial charge in [0, 0.05) is 27.5 Å². The van der Waals surface area contributed by atoms with Crippen LogP contribution in [0, 0.1) is 22.7 Å². The van der Waals surface area contributed by atoms with E-state index in [4.69, 9.17) is 10.5 Å². The van der Waals surface area contributed by atoms with E-state index in [-0.39, 0.29) is 35.9 Å². The average molecular weight is 586 g/mol. The lowest BCUT2D eigenvalue weighted by Crippen LogP contribution is -2.16. The van der Waals surface area contributed by atoms with Crippen LogP contribution in [0.25, 0.3) is 20.9 Å². The number of anilines is 2. The molecule has 0 radical (unpaired) electrons. The first-order valence-electron chi connectivity index (χ1n) is 12.5. The number of rotatable bonds is 8. The Labute approximate surface area is 243 Å². The van der Waals surface area contributed by atoms with E-state index in [0.717, 1.165) is 27.3 Å². The molecule has 1 aliphatic rings. The number of nitrogens with two attached hydrogens (primary N) is 1. The molecule has 1 aliphatic carbocycles. The third kappa shape index (κ3) is 5.19. The number of nitrogens with one attached hydrogen (secondary N) is 1. The van der Waals surface area contributed by atoms with E-state index < -0.39 is 5.97 Å². The molecular formula is C29H23N5O3S3. The Kier molecular flexibility index (Phi) is 8.17. The molecule has 0 unspecified atom stereocenters. The zero-order chi connectivity index (χ0) is 28.2. The van der Waals surface area contributed by atoms with E-state index in [1.807, 2.05) is 35.7 Å². The monoisotopic (exact) mass is 585 g/mol. The van der Waals surface area contributed by atoms with Gasteiger partial charge in [0.25, 0.3) is 0 Å². The Morgan fingerprint density at radius 2 is 1.95 bits per heavy atom. The molecule has 3 heterocycles. The minimum absolute atomic E-state index is 0.0420. The van der Waals surface area contributed by atoms with Crippen molar-refractivity contribution in [3.63, 3.8) is 0 Å². The second-order valence-electron chi connectivity index (χ2n) is 8.77. The van der Waals surface area contributed by atoms with Crippen molar-refractivity contribution in [2.75, 3.05) is 23.4 Å². The summed E-state index contributed by atoms with van der Waals surface area (Å²) in [6, 6.07) is 16.0. The summed E-state index contributed by atoms with van der Waals surface area (Å²) in [5, 5.41) is 25.2.